The van der Waals surface area contributed by atoms with Crippen molar-refractivity contribution in [1.82, 2.24) is 10.2 Å². The molecule has 0 bridgehead atoms. The summed E-state index contributed by atoms with van der Waals surface area (Å²) in [5.41, 5.74) is 3.33. The summed E-state index contributed by atoms with van der Waals surface area (Å²) in [6, 6.07) is 9.66. The Labute approximate surface area is 128 Å². The third-order valence-corrected chi connectivity index (χ3v) is 6.13. The topological polar surface area (TPSA) is 15.3 Å². The molecular formula is C19H28N2. The second-order valence-corrected chi connectivity index (χ2v) is 7.76. The highest BCUT2D eigenvalue weighted by Gasteiger charge is 2.49. The van der Waals surface area contributed by atoms with Crippen LogP contribution in [0.15, 0.2) is 24.3 Å². The van der Waals surface area contributed by atoms with Crippen LogP contribution >= 0.6 is 0 Å². The molecule has 2 aliphatic carbocycles. The molecule has 2 atom stereocenters. The molecule has 2 saturated carbocycles. The predicted octanol–water partition coefficient (Wildman–Crippen LogP) is 3.35. The summed E-state index contributed by atoms with van der Waals surface area (Å²) < 4.78 is 0. The van der Waals surface area contributed by atoms with Gasteiger partial charge in [0, 0.05) is 31.2 Å². The second-order valence-electron chi connectivity index (χ2n) is 7.76. The van der Waals surface area contributed by atoms with Crippen LogP contribution in [0.1, 0.15) is 43.7 Å². The third-order valence-electron chi connectivity index (χ3n) is 6.13. The molecule has 0 amide bonds. The number of nitrogens with one attached hydrogen (secondary N) is 1. The van der Waals surface area contributed by atoms with E-state index in [0.29, 0.717) is 5.54 Å². The molecule has 0 radical (unpaired) electrons. The summed E-state index contributed by atoms with van der Waals surface area (Å²) >= 11 is 0. The lowest BCUT2D eigenvalue weighted by atomic mass is 9.88. The van der Waals surface area contributed by atoms with Crippen LogP contribution in [0, 0.1) is 18.8 Å². The minimum absolute atomic E-state index is 0.369. The first kappa shape index (κ1) is 13.8. The van der Waals surface area contributed by atoms with Crippen LogP contribution in [-0.4, -0.2) is 29.6 Å². The molecule has 3 aliphatic rings. The summed E-state index contributed by atoms with van der Waals surface area (Å²) in [5.74, 6) is 1.86. The van der Waals surface area contributed by atoms with Crippen LogP contribution in [0.25, 0.3) is 0 Å². The summed E-state index contributed by atoms with van der Waals surface area (Å²) in [4.78, 5) is 2.81. The van der Waals surface area contributed by atoms with Gasteiger partial charge >= 0.3 is 0 Å². The van der Waals surface area contributed by atoms with Crippen molar-refractivity contribution in [2.45, 2.75) is 57.7 Å². The normalized spacial score (nSPS) is 34.1. The van der Waals surface area contributed by atoms with Gasteiger partial charge in [0.1, 0.15) is 0 Å². The first-order valence-electron chi connectivity index (χ1n) is 8.70. The average molecular weight is 284 g/mol. The van der Waals surface area contributed by atoms with Gasteiger partial charge in [0.2, 0.25) is 0 Å². The molecule has 1 aliphatic heterocycles. The van der Waals surface area contributed by atoms with Crippen LogP contribution in [0.3, 0.4) is 0 Å². The maximum Gasteiger partial charge on any atom is 0.0338 e. The zero-order valence-corrected chi connectivity index (χ0v) is 13.4. The predicted molar refractivity (Wildman–Crippen MR) is 87.2 cm³/mol. The number of aryl methyl sites for hydroxylation is 1. The van der Waals surface area contributed by atoms with Gasteiger partial charge in [-0.1, -0.05) is 24.3 Å². The van der Waals surface area contributed by atoms with Crippen LogP contribution in [0.4, 0.5) is 0 Å². The van der Waals surface area contributed by atoms with Gasteiger partial charge in [-0.3, -0.25) is 4.90 Å². The molecule has 4 rings (SSSR count). The Balaban J connectivity index is 1.56. The molecule has 1 heterocycles. The van der Waals surface area contributed by atoms with Crippen molar-refractivity contribution in [3.63, 3.8) is 0 Å². The molecule has 2 unspecified atom stereocenters. The number of rotatable bonds is 4. The van der Waals surface area contributed by atoms with Gasteiger partial charge in [0.25, 0.3) is 0 Å². The van der Waals surface area contributed by atoms with Crippen LogP contribution < -0.4 is 5.32 Å². The van der Waals surface area contributed by atoms with E-state index < -0.39 is 0 Å². The zero-order valence-electron chi connectivity index (χ0n) is 13.4. The van der Waals surface area contributed by atoms with Gasteiger partial charge in [-0.2, -0.15) is 0 Å². The minimum atomic E-state index is 0.369. The highest BCUT2D eigenvalue weighted by Crippen LogP contribution is 2.46. The average Bonchev–Trinajstić information content (AvgIpc) is 3.36. The Morgan fingerprint density at radius 3 is 2.62 bits per heavy atom. The fourth-order valence-corrected chi connectivity index (χ4v) is 4.12. The molecule has 1 aromatic rings. The van der Waals surface area contributed by atoms with Crippen molar-refractivity contribution in [3.05, 3.63) is 35.4 Å². The van der Waals surface area contributed by atoms with E-state index in [0.717, 1.165) is 24.4 Å². The highest BCUT2D eigenvalue weighted by atomic mass is 15.3. The van der Waals surface area contributed by atoms with E-state index in [2.05, 4.69) is 48.3 Å². The van der Waals surface area contributed by atoms with Crippen molar-refractivity contribution in [3.8, 4) is 0 Å². The van der Waals surface area contributed by atoms with E-state index in [-0.39, 0.29) is 0 Å². The summed E-state index contributed by atoms with van der Waals surface area (Å²) in [7, 11) is 0. The summed E-state index contributed by atoms with van der Waals surface area (Å²) in [6.45, 7) is 8.31. The molecule has 3 fully saturated rings. The molecule has 0 spiro atoms. The van der Waals surface area contributed by atoms with Gasteiger partial charge in [0.15, 0.2) is 0 Å². The molecule has 1 aromatic carbocycles. The number of piperazine rings is 1. The largest absolute Gasteiger partial charge is 0.311 e. The van der Waals surface area contributed by atoms with Crippen LogP contribution in [-0.2, 0) is 6.54 Å². The molecule has 1 saturated heterocycles. The molecule has 21 heavy (non-hydrogen) atoms. The standard InChI is InChI=1S/C19H28N2/c1-14-5-3-4-6-16(14)11-21-12-18(15-7-8-15)20-13-19(21,2)17-9-10-17/h3-6,15,17-18,20H,7-13H2,1-2H3. The lowest BCUT2D eigenvalue weighted by molar-refractivity contribution is 0.0233. The Kier molecular flexibility index (Phi) is 3.35. The molecule has 2 nitrogen and oxygen atoms in total. The molecule has 114 valence electrons. The van der Waals surface area contributed by atoms with Crippen molar-refractivity contribution in [2.24, 2.45) is 11.8 Å². The van der Waals surface area contributed by atoms with Gasteiger partial charge in [-0.05, 0) is 62.5 Å². The number of nitrogens with zero attached hydrogens (tertiary/aromatic N) is 1. The smallest absolute Gasteiger partial charge is 0.0338 e. The van der Waals surface area contributed by atoms with E-state index in [1.807, 2.05) is 0 Å². The SMILES string of the molecule is Cc1ccccc1CN1CC(C2CC2)NCC1(C)C1CC1. The number of hydrogen-bond donors (Lipinski definition) is 1. The number of hydrogen-bond acceptors (Lipinski definition) is 2. The van der Waals surface area contributed by atoms with Crippen molar-refractivity contribution < 1.29 is 0 Å². The monoisotopic (exact) mass is 284 g/mol. The lowest BCUT2D eigenvalue weighted by Gasteiger charge is -2.49. The highest BCUT2D eigenvalue weighted by molar-refractivity contribution is 5.26. The zero-order chi connectivity index (χ0) is 14.4. The van der Waals surface area contributed by atoms with Crippen molar-refractivity contribution in [2.75, 3.05) is 13.1 Å². The first-order chi connectivity index (χ1) is 10.2. The quantitative estimate of drug-likeness (QED) is 0.912. The Morgan fingerprint density at radius 1 is 1.19 bits per heavy atom. The van der Waals surface area contributed by atoms with E-state index in [9.17, 15) is 0 Å². The fraction of sp³-hybridized carbons (Fsp3) is 0.684. The van der Waals surface area contributed by atoms with E-state index in [4.69, 9.17) is 0 Å². The maximum atomic E-state index is 3.88. The fourth-order valence-electron chi connectivity index (χ4n) is 4.12. The van der Waals surface area contributed by atoms with Crippen LogP contribution in [0.5, 0.6) is 0 Å². The van der Waals surface area contributed by atoms with Crippen molar-refractivity contribution >= 4 is 0 Å². The van der Waals surface area contributed by atoms with Gasteiger partial charge in [-0.25, -0.2) is 0 Å². The van der Waals surface area contributed by atoms with Crippen LogP contribution in [0.2, 0.25) is 0 Å². The summed E-state index contributed by atoms with van der Waals surface area (Å²) in [5, 5.41) is 3.88. The molecular weight excluding hydrogens is 256 g/mol. The van der Waals surface area contributed by atoms with Gasteiger partial charge < -0.3 is 5.32 Å². The summed E-state index contributed by atoms with van der Waals surface area (Å²) in [6.07, 6.45) is 5.74. The second kappa shape index (κ2) is 5.10. The molecule has 0 aromatic heterocycles. The Hall–Kier alpha value is -0.860. The number of benzene rings is 1. The van der Waals surface area contributed by atoms with E-state index in [1.165, 1.54) is 49.9 Å². The Morgan fingerprint density at radius 2 is 1.95 bits per heavy atom. The Bertz CT molecular complexity index is 518. The maximum absolute atomic E-state index is 3.88. The van der Waals surface area contributed by atoms with E-state index >= 15 is 0 Å². The molecule has 1 N–H and O–H groups in total. The van der Waals surface area contributed by atoms with Gasteiger partial charge in [0.05, 0.1) is 0 Å². The van der Waals surface area contributed by atoms with Crippen molar-refractivity contribution in [1.29, 1.82) is 0 Å². The first-order valence-corrected chi connectivity index (χ1v) is 8.70. The lowest BCUT2D eigenvalue weighted by Crippen LogP contribution is -2.64. The molecule has 2 heteroatoms. The third kappa shape index (κ3) is 2.64. The van der Waals surface area contributed by atoms with Gasteiger partial charge in [-0.15, -0.1) is 0 Å². The minimum Gasteiger partial charge on any atom is -0.311 e. The van der Waals surface area contributed by atoms with E-state index in [1.54, 1.807) is 0 Å².